The average Bonchev–Trinajstić information content (AvgIpc) is 2.11. The first-order valence-electron chi connectivity index (χ1n) is 3.70. The molecule has 0 spiro atoms. The molecule has 0 saturated heterocycles. The van der Waals surface area contributed by atoms with E-state index in [4.69, 9.17) is 25.9 Å². The second-order valence-electron chi connectivity index (χ2n) is 2.32. The number of carboxylic acids is 2. The first-order valence-corrected chi connectivity index (χ1v) is 4.51. The monoisotopic (exact) mass is 224 g/mol. The Morgan fingerprint density at radius 2 is 1.79 bits per heavy atom. The number of aliphatic carboxylic acids is 2. The molecule has 0 aromatic carbocycles. The first kappa shape index (κ1) is 13.2. The molecule has 82 valence electrons. The smallest absolute Gasteiger partial charge is 0.335 e. The summed E-state index contributed by atoms with van der Waals surface area (Å²) in [6, 6.07) is 0. The van der Waals surface area contributed by atoms with Gasteiger partial charge in [0.2, 0.25) is 0 Å². The van der Waals surface area contributed by atoms with Crippen molar-refractivity contribution in [3.05, 3.63) is 0 Å². The molecule has 0 aliphatic rings. The van der Waals surface area contributed by atoms with Crippen molar-refractivity contribution in [2.24, 2.45) is 11.5 Å². The van der Waals surface area contributed by atoms with E-state index in [-0.39, 0.29) is 13.1 Å². The van der Waals surface area contributed by atoms with E-state index in [2.05, 4.69) is 0 Å². The lowest BCUT2D eigenvalue weighted by molar-refractivity contribution is -0.144. The highest BCUT2D eigenvalue weighted by molar-refractivity contribution is 7.96. The van der Waals surface area contributed by atoms with Crippen molar-refractivity contribution < 1.29 is 24.0 Å². The van der Waals surface area contributed by atoms with Gasteiger partial charge in [0, 0.05) is 25.1 Å². The van der Waals surface area contributed by atoms with Gasteiger partial charge in [-0.3, -0.25) is 8.98 Å². The van der Waals surface area contributed by atoms with E-state index in [0.29, 0.717) is 12.0 Å². The van der Waals surface area contributed by atoms with Crippen molar-refractivity contribution in [2.75, 3.05) is 13.1 Å². The third kappa shape index (κ3) is 4.42. The molecule has 6 N–H and O–H groups in total. The molecular formula is C6H12N2O5S. The van der Waals surface area contributed by atoms with Crippen LogP contribution in [0.2, 0.25) is 0 Å². The van der Waals surface area contributed by atoms with Crippen LogP contribution in [0.25, 0.3) is 0 Å². The highest BCUT2D eigenvalue weighted by atomic mass is 32.2. The minimum absolute atomic E-state index is 0.142. The van der Waals surface area contributed by atoms with E-state index in [1.165, 1.54) is 0 Å². The fraction of sp³-hybridized carbons (Fsp3) is 0.667. The van der Waals surface area contributed by atoms with Crippen molar-refractivity contribution in [3.63, 3.8) is 0 Å². The van der Waals surface area contributed by atoms with Crippen molar-refractivity contribution in [1.29, 1.82) is 0 Å². The number of hydrogen-bond acceptors (Lipinski definition) is 6. The Balaban J connectivity index is 4.00. The van der Waals surface area contributed by atoms with Gasteiger partial charge in [-0.1, -0.05) is 0 Å². The van der Waals surface area contributed by atoms with Crippen molar-refractivity contribution >= 4 is 24.0 Å². The van der Waals surface area contributed by atoms with Gasteiger partial charge in [-0.15, -0.1) is 0 Å². The van der Waals surface area contributed by atoms with Crippen LogP contribution < -0.4 is 11.5 Å². The molecule has 0 radical (unpaired) electrons. The second-order valence-corrected chi connectivity index (χ2v) is 3.27. The van der Waals surface area contributed by atoms with Crippen LogP contribution >= 0.6 is 12.0 Å². The van der Waals surface area contributed by atoms with Crippen molar-refractivity contribution in [2.45, 2.75) is 11.4 Å². The molecule has 0 fully saturated rings. The zero-order chi connectivity index (χ0) is 11.1. The van der Waals surface area contributed by atoms with E-state index in [0.717, 1.165) is 0 Å². The van der Waals surface area contributed by atoms with Crippen molar-refractivity contribution in [3.8, 4) is 0 Å². The normalized spacial score (nSPS) is 14.7. The molecule has 0 rings (SSSR count). The van der Waals surface area contributed by atoms with Crippen LogP contribution in [0.1, 0.15) is 0 Å². The van der Waals surface area contributed by atoms with Gasteiger partial charge < -0.3 is 21.7 Å². The SMILES string of the molecule is NCC(OSC(CN)C(=O)O)C(=O)O. The summed E-state index contributed by atoms with van der Waals surface area (Å²) < 4.78 is 4.70. The fourth-order valence-electron chi connectivity index (χ4n) is 0.497. The lowest BCUT2D eigenvalue weighted by Crippen LogP contribution is -2.33. The fourth-order valence-corrected chi connectivity index (χ4v) is 1.09. The van der Waals surface area contributed by atoms with E-state index in [1.54, 1.807) is 0 Å². The molecule has 2 atom stereocenters. The van der Waals surface area contributed by atoms with E-state index < -0.39 is 23.3 Å². The van der Waals surface area contributed by atoms with Crippen molar-refractivity contribution in [1.82, 2.24) is 0 Å². The summed E-state index contributed by atoms with van der Waals surface area (Å²) in [6.45, 7) is -0.365. The van der Waals surface area contributed by atoms with Crippen LogP contribution in [0, 0.1) is 0 Å². The quantitative estimate of drug-likeness (QED) is 0.382. The Hall–Kier alpha value is -0.830. The minimum Gasteiger partial charge on any atom is -0.480 e. The Morgan fingerprint density at radius 3 is 2.07 bits per heavy atom. The zero-order valence-corrected chi connectivity index (χ0v) is 8.07. The predicted octanol–water partition coefficient (Wildman–Crippen LogP) is -1.52. The van der Waals surface area contributed by atoms with Gasteiger partial charge >= 0.3 is 11.9 Å². The number of carboxylic acid groups (broad SMARTS) is 2. The first-order chi connectivity index (χ1) is 6.52. The van der Waals surface area contributed by atoms with Gasteiger partial charge in [0.05, 0.1) is 0 Å². The Morgan fingerprint density at radius 1 is 1.21 bits per heavy atom. The van der Waals surface area contributed by atoms with E-state index >= 15 is 0 Å². The van der Waals surface area contributed by atoms with Gasteiger partial charge in [-0.05, 0) is 0 Å². The summed E-state index contributed by atoms with van der Waals surface area (Å²) >= 11 is 0.505. The Labute approximate surface area is 84.6 Å². The zero-order valence-electron chi connectivity index (χ0n) is 7.25. The molecule has 0 saturated carbocycles. The molecule has 0 heterocycles. The molecule has 0 aliphatic heterocycles. The number of carbonyl (C=O) groups is 2. The molecule has 14 heavy (non-hydrogen) atoms. The van der Waals surface area contributed by atoms with Gasteiger partial charge in [-0.2, -0.15) is 0 Å². The lowest BCUT2D eigenvalue weighted by atomic mass is 10.4. The van der Waals surface area contributed by atoms with Crippen LogP contribution in [0.4, 0.5) is 0 Å². The third-order valence-corrected chi connectivity index (χ3v) is 2.24. The van der Waals surface area contributed by atoms with Crippen LogP contribution in [-0.2, 0) is 13.8 Å². The van der Waals surface area contributed by atoms with E-state index in [9.17, 15) is 9.59 Å². The van der Waals surface area contributed by atoms with Gasteiger partial charge in [0.15, 0.2) is 6.10 Å². The molecule has 7 nitrogen and oxygen atoms in total. The maximum absolute atomic E-state index is 10.4. The summed E-state index contributed by atoms with van der Waals surface area (Å²) in [7, 11) is 0. The average molecular weight is 224 g/mol. The predicted molar refractivity (Wildman–Crippen MR) is 49.6 cm³/mol. The summed E-state index contributed by atoms with van der Waals surface area (Å²) in [4.78, 5) is 20.8. The maximum atomic E-state index is 10.4. The molecule has 0 aromatic heterocycles. The lowest BCUT2D eigenvalue weighted by Gasteiger charge is -2.13. The minimum atomic E-state index is -1.24. The number of hydrogen-bond donors (Lipinski definition) is 4. The third-order valence-electron chi connectivity index (χ3n) is 1.27. The van der Waals surface area contributed by atoms with Gasteiger partial charge in [-0.25, -0.2) is 4.79 Å². The Bertz CT molecular complexity index is 190. The molecule has 0 bridgehead atoms. The highest BCUT2D eigenvalue weighted by Crippen LogP contribution is 2.14. The summed E-state index contributed by atoms with van der Waals surface area (Å²) in [5.74, 6) is -2.39. The molecule has 2 unspecified atom stereocenters. The second kappa shape index (κ2) is 6.60. The topological polar surface area (TPSA) is 136 Å². The van der Waals surface area contributed by atoms with Gasteiger partial charge in [0.25, 0.3) is 0 Å². The van der Waals surface area contributed by atoms with Crippen LogP contribution in [0.5, 0.6) is 0 Å². The summed E-state index contributed by atoms with van der Waals surface area (Å²) in [6.07, 6.45) is -1.21. The number of nitrogens with two attached hydrogens (primary N) is 2. The maximum Gasteiger partial charge on any atom is 0.335 e. The van der Waals surface area contributed by atoms with Crippen LogP contribution in [0.3, 0.4) is 0 Å². The molecule has 0 aromatic rings. The Kier molecular flexibility index (Phi) is 6.21. The highest BCUT2D eigenvalue weighted by Gasteiger charge is 2.22. The molecule has 0 amide bonds. The van der Waals surface area contributed by atoms with Crippen LogP contribution in [-0.4, -0.2) is 46.6 Å². The molecule has 8 heteroatoms. The molecule has 0 aliphatic carbocycles. The standard InChI is InChI=1S/C6H12N2O5S/c7-1-3(5(9)10)13-14-4(2-8)6(11)12/h3-4H,1-2,7-8H2,(H,9,10)(H,11,12). The van der Waals surface area contributed by atoms with Crippen LogP contribution in [0.15, 0.2) is 0 Å². The summed E-state index contributed by atoms with van der Waals surface area (Å²) in [5, 5.41) is 16.1. The molecular weight excluding hydrogens is 212 g/mol. The summed E-state index contributed by atoms with van der Waals surface area (Å²) in [5.41, 5.74) is 10.2. The van der Waals surface area contributed by atoms with Gasteiger partial charge in [0.1, 0.15) is 5.25 Å². The largest absolute Gasteiger partial charge is 0.480 e. The number of rotatable bonds is 7. The van der Waals surface area contributed by atoms with E-state index in [1.807, 2.05) is 0 Å².